The molecular formula is C53H73N4O20P. The average molecular weight is 1120 g/mol. The predicted molar refractivity (Wildman–Crippen MR) is 279 cm³/mol. The van der Waals surface area contributed by atoms with Crippen LogP contribution in [-0.2, 0) is 77.7 Å². The second-order valence-electron chi connectivity index (χ2n) is 18.2. The van der Waals surface area contributed by atoms with Gasteiger partial charge >= 0.3 is 31.5 Å². The molecule has 2 aromatic carbocycles. The number of unbranched alkanes of at least 4 members (excludes halogenated alkanes) is 2. The topological polar surface area (TPSA) is 357 Å². The van der Waals surface area contributed by atoms with E-state index in [0.717, 1.165) is 22.4 Å². The molecule has 8 N–H and O–H groups in total. The standard InChI is InChI=1S/C53H73N4O20P/c58-43(35-40(51(65)66)17-19-48(61)56-44(53(69)70)13-8-26-77-78(71,72)37-42(52(67)68)18-22-50(63)64)12-2-1-7-24-54-47(60)23-27-73-29-31-75-33-34-76-32-30-74-28-25-55-46(59)20-21-49(62)57-36-41-11-4-3-9-38(41)15-16-39-10-5-6-14-45(39)57/h3-6,9-11,14,40,42,44H,1-2,7-8,12-13,17-37H2,(H,54,60)(H,55,59)(H,56,61)(H,63,64)(H,65,66)(H,67,68)(H,69,70)(H,71,72)/t40-,42?,44+/m1/s1. The van der Waals surface area contributed by atoms with Gasteiger partial charge in [0.05, 0.1) is 89.7 Å². The molecule has 0 aromatic heterocycles. The Kier molecular flexibility index (Phi) is 31.4. The van der Waals surface area contributed by atoms with E-state index in [-0.39, 0.29) is 101 Å². The zero-order chi connectivity index (χ0) is 57.1. The number of aliphatic carboxylic acids is 4. The van der Waals surface area contributed by atoms with Gasteiger partial charge in [-0.25, -0.2) is 4.79 Å². The number of benzene rings is 2. The average Bonchev–Trinajstić information content (AvgIpc) is 3.41. The van der Waals surface area contributed by atoms with E-state index in [1.54, 1.807) is 4.90 Å². The Balaban J connectivity index is 1.12. The van der Waals surface area contributed by atoms with Crippen LogP contribution in [-0.4, -0.2) is 163 Å². The number of hydrogen-bond acceptors (Lipinski definition) is 15. The normalized spacial score (nSPS) is 13.6. The van der Waals surface area contributed by atoms with Crippen LogP contribution in [0.4, 0.5) is 5.69 Å². The number of carboxylic acid groups (broad SMARTS) is 4. The minimum atomic E-state index is -4.48. The number of carbonyl (C=O) groups is 9. The van der Waals surface area contributed by atoms with Gasteiger partial charge in [0.1, 0.15) is 11.8 Å². The lowest BCUT2D eigenvalue weighted by molar-refractivity contribution is -0.145. The quantitative estimate of drug-likeness (QED) is 0.0267. The van der Waals surface area contributed by atoms with Gasteiger partial charge in [-0.3, -0.25) is 42.9 Å². The number of Topliss-reactive ketones (excluding diaryl/α,β-unsaturated/α-hetero) is 1. The third-order valence-corrected chi connectivity index (χ3v) is 13.5. The van der Waals surface area contributed by atoms with Gasteiger partial charge in [0, 0.05) is 69.2 Å². The third kappa shape index (κ3) is 28.2. The minimum absolute atomic E-state index is 0.0363. The molecule has 24 nitrogen and oxygen atoms in total. The summed E-state index contributed by atoms with van der Waals surface area (Å²) in [4.78, 5) is 120. The molecule has 2 unspecified atom stereocenters. The number of para-hydroxylation sites is 1. The molecule has 2 aromatic rings. The van der Waals surface area contributed by atoms with Crippen molar-refractivity contribution < 1.29 is 96.5 Å². The molecule has 25 heteroatoms. The van der Waals surface area contributed by atoms with Crippen LogP contribution in [0.5, 0.6) is 0 Å². The molecule has 4 atom stereocenters. The number of rotatable bonds is 43. The lowest BCUT2D eigenvalue weighted by atomic mass is 9.94. The lowest BCUT2D eigenvalue weighted by Crippen LogP contribution is -2.41. The summed E-state index contributed by atoms with van der Waals surface area (Å²) in [5.74, 6) is -3.56. The van der Waals surface area contributed by atoms with Gasteiger partial charge in [0.15, 0.2) is 0 Å². The van der Waals surface area contributed by atoms with Crippen molar-refractivity contribution in [3.05, 3.63) is 65.2 Å². The summed E-state index contributed by atoms with van der Waals surface area (Å²) < 4.78 is 39.1. The monoisotopic (exact) mass is 1120 g/mol. The molecule has 1 aliphatic rings. The Morgan fingerprint density at radius 3 is 1.82 bits per heavy atom. The first-order valence-corrected chi connectivity index (χ1v) is 27.6. The molecule has 0 bridgehead atoms. The highest BCUT2D eigenvalue weighted by Gasteiger charge is 2.31. The van der Waals surface area contributed by atoms with Crippen LogP contribution in [0.25, 0.3) is 0 Å². The summed E-state index contributed by atoms with van der Waals surface area (Å²) in [6.45, 7) is 2.90. The number of carbonyl (C=O) groups excluding carboxylic acids is 5. The van der Waals surface area contributed by atoms with Gasteiger partial charge in [-0.05, 0) is 62.3 Å². The Hall–Kier alpha value is -6.58. The van der Waals surface area contributed by atoms with Crippen LogP contribution in [0.2, 0.25) is 0 Å². The van der Waals surface area contributed by atoms with E-state index in [0.29, 0.717) is 65.4 Å². The summed E-state index contributed by atoms with van der Waals surface area (Å²) in [5, 5.41) is 44.9. The second kappa shape index (κ2) is 37.3. The number of anilines is 1. The maximum Gasteiger partial charge on any atom is 0.328 e. The number of ketones is 1. The highest BCUT2D eigenvalue weighted by molar-refractivity contribution is 7.52. The lowest BCUT2D eigenvalue weighted by Gasteiger charge is -2.26. The molecule has 0 aliphatic carbocycles. The molecule has 0 fully saturated rings. The van der Waals surface area contributed by atoms with Crippen molar-refractivity contribution >= 4 is 66.6 Å². The Bertz CT molecular complexity index is 2410. The van der Waals surface area contributed by atoms with E-state index in [1.807, 2.05) is 48.5 Å². The smallest absolute Gasteiger partial charge is 0.328 e. The van der Waals surface area contributed by atoms with Crippen LogP contribution in [0.3, 0.4) is 0 Å². The fourth-order valence-corrected chi connectivity index (χ4v) is 9.13. The maximum atomic E-state index is 13.3. The summed E-state index contributed by atoms with van der Waals surface area (Å²) in [6.07, 6.45) is -1.28. The fourth-order valence-electron chi connectivity index (χ4n) is 7.72. The van der Waals surface area contributed by atoms with Crippen LogP contribution >= 0.6 is 7.60 Å². The molecule has 3 rings (SSSR count). The minimum Gasteiger partial charge on any atom is -0.481 e. The Labute approximate surface area is 452 Å². The number of nitrogens with zero attached hydrogens (tertiary/aromatic N) is 1. The maximum absolute atomic E-state index is 13.3. The van der Waals surface area contributed by atoms with Crippen molar-refractivity contribution in [1.82, 2.24) is 16.0 Å². The van der Waals surface area contributed by atoms with Crippen LogP contribution in [0.15, 0.2) is 48.5 Å². The summed E-state index contributed by atoms with van der Waals surface area (Å²) in [7, 11) is -4.48. The van der Waals surface area contributed by atoms with E-state index >= 15 is 0 Å². The van der Waals surface area contributed by atoms with Gasteiger partial charge in [-0.1, -0.05) is 48.6 Å². The first-order chi connectivity index (χ1) is 37.3. The van der Waals surface area contributed by atoms with Gasteiger partial charge in [-0.2, -0.15) is 0 Å². The highest BCUT2D eigenvalue weighted by atomic mass is 31.2. The number of hydrogen-bond donors (Lipinski definition) is 8. The largest absolute Gasteiger partial charge is 0.481 e. The first kappa shape index (κ1) is 65.7. The molecular weight excluding hydrogens is 1040 g/mol. The molecule has 1 heterocycles. The Morgan fingerprint density at radius 1 is 0.564 bits per heavy atom. The van der Waals surface area contributed by atoms with Crippen molar-refractivity contribution in [2.75, 3.05) is 83.6 Å². The van der Waals surface area contributed by atoms with Crippen LogP contribution in [0, 0.1) is 23.7 Å². The van der Waals surface area contributed by atoms with Crippen molar-refractivity contribution in [3.63, 3.8) is 0 Å². The zero-order valence-electron chi connectivity index (χ0n) is 43.7. The molecule has 430 valence electrons. The van der Waals surface area contributed by atoms with Gasteiger partial charge < -0.3 is 69.6 Å². The summed E-state index contributed by atoms with van der Waals surface area (Å²) >= 11 is 0. The van der Waals surface area contributed by atoms with E-state index in [9.17, 15) is 67.9 Å². The molecule has 0 spiro atoms. The number of carboxylic acids is 4. The number of ether oxygens (including phenoxy) is 4. The predicted octanol–water partition coefficient (Wildman–Crippen LogP) is 3.52. The number of amides is 4. The van der Waals surface area contributed by atoms with Crippen molar-refractivity contribution in [2.24, 2.45) is 11.8 Å². The summed E-state index contributed by atoms with van der Waals surface area (Å²) in [6, 6.07) is 13.7. The van der Waals surface area contributed by atoms with Crippen molar-refractivity contribution in [2.45, 2.75) is 102 Å². The van der Waals surface area contributed by atoms with Crippen LogP contribution in [0.1, 0.15) is 107 Å². The first-order valence-electron chi connectivity index (χ1n) is 25.9. The zero-order valence-corrected chi connectivity index (χ0v) is 44.6. The third-order valence-electron chi connectivity index (χ3n) is 12.0. The molecule has 4 amide bonds. The van der Waals surface area contributed by atoms with E-state index < -0.39 is 87.3 Å². The molecule has 0 saturated heterocycles. The molecule has 0 radical (unpaired) electrons. The second-order valence-corrected chi connectivity index (χ2v) is 20.1. The molecule has 1 aliphatic heterocycles. The number of nitrogens with one attached hydrogen (secondary N) is 3. The van der Waals surface area contributed by atoms with E-state index in [2.05, 4.69) is 27.8 Å². The summed E-state index contributed by atoms with van der Waals surface area (Å²) in [5.41, 5.74) is 3.27. The van der Waals surface area contributed by atoms with Gasteiger partial charge in [0.2, 0.25) is 23.6 Å². The van der Waals surface area contributed by atoms with Crippen molar-refractivity contribution in [1.29, 1.82) is 0 Å². The SMILES string of the molecule is O=C(O)CCC(CP(=O)(O)OCCC[C@H](NC(=O)CC[C@H](CC(=O)CCCCCNC(=O)CCOCCOCCOCCOCCNC(=O)CCC(=O)N1Cc2ccccc2C#Cc2ccccc21)C(=O)O)C(=O)O)C(=O)O. The van der Waals surface area contributed by atoms with Crippen molar-refractivity contribution in [3.8, 4) is 11.8 Å². The highest BCUT2D eigenvalue weighted by Crippen LogP contribution is 2.45. The fraction of sp³-hybridized carbons (Fsp3) is 0.566. The molecule has 78 heavy (non-hydrogen) atoms. The Morgan fingerprint density at radius 2 is 1.15 bits per heavy atom. The van der Waals surface area contributed by atoms with Gasteiger partial charge in [-0.15, -0.1) is 0 Å². The van der Waals surface area contributed by atoms with Crippen LogP contribution < -0.4 is 20.9 Å². The van der Waals surface area contributed by atoms with E-state index in [1.165, 1.54) is 0 Å². The molecule has 0 saturated carbocycles. The van der Waals surface area contributed by atoms with Gasteiger partial charge in [0.25, 0.3) is 0 Å². The van der Waals surface area contributed by atoms with E-state index in [4.69, 9.17) is 28.6 Å². The number of fused-ring (bicyclic) bond motifs is 2.